The maximum atomic E-state index is 11.3. The number of tetrazole rings is 1. The Kier molecular flexibility index (Phi) is 5.68. The Balaban J connectivity index is 2.33. The molecule has 1 rings (SSSR count). The molecular formula is C10H17N5OS. The molecule has 1 aromatic heterocycles. The van der Waals surface area contributed by atoms with E-state index in [4.69, 9.17) is 0 Å². The second-order valence-electron chi connectivity index (χ2n) is 3.72. The van der Waals surface area contributed by atoms with E-state index in [1.807, 2.05) is 13.8 Å². The van der Waals surface area contributed by atoms with Crippen LogP contribution in [0.15, 0.2) is 12.7 Å². The largest absolute Gasteiger partial charge is 0.352 e. The van der Waals surface area contributed by atoms with Crippen molar-refractivity contribution in [3.05, 3.63) is 18.5 Å². The number of thioether (sulfide) groups is 1. The van der Waals surface area contributed by atoms with Crippen molar-refractivity contribution in [2.45, 2.75) is 25.6 Å². The number of hydrogen-bond donors (Lipinski definition) is 1. The Hall–Kier alpha value is -1.37. The number of rotatable bonds is 7. The van der Waals surface area contributed by atoms with Crippen molar-refractivity contribution >= 4 is 17.7 Å². The van der Waals surface area contributed by atoms with E-state index in [0.29, 0.717) is 18.1 Å². The summed E-state index contributed by atoms with van der Waals surface area (Å²) >= 11 is 1.49. The van der Waals surface area contributed by atoms with Gasteiger partial charge in [0, 0.05) is 6.54 Å². The van der Waals surface area contributed by atoms with Crippen molar-refractivity contribution in [1.82, 2.24) is 25.5 Å². The van der Waals surface area contributed by atoms with Gasteiger partial charge in [0.05, 0.1) is 17.5 Å². The summed E-state index contributed by atoms with van der Waals surface area (Å²) in [6.45, 7) is 8.07. The number of carbonyl (C=O) groups is 1. The van der Waals surface area contributed by atoms with E-state index in [0.717, 1.165) is 5.82 Å². The Bertz CT molecular complexity index is 377. The van der Waals surface area contributed by atoms with E-state index in [-0.39, 0.29) is 11.9 Å². The van der Waals surface area contributed by atoms with Crippen LogP contribution in [0.25, 0.3) is 0 Å². The fourth-order valence-electron chi connectivity index (χ4n) is 1.18. The van der Waals surface area contributed by atoms with Crippen LogP contribution in [0.5, 0.6) is 0 Å². The van der Waals surface area contributed by atoms with Crippen molar-refractivity contribution in [3.8, 4) is 0 Å². The number of nitrogens with one attached hydrogen (secondary N) is 1. The van der Waals surface area contributed by atoms with Gasteiger partial charge >= 0.3 is 0 Å². The van der Waals surface area contributed by atoms with Crippen molar-refractivity contribution in [1.29, 1.82) is 0 Å². The smallest absolute Gasteiger partial charge is 0.230 e. The minimum absolute atomic E-state index is 0.00142. The van der Waals surface area contributed by atoms with Crippen LogP contribution in [-0.4, -0.2) is 38.4 Å². The predicted octanol–water partition coefficient (Wildman–Crippen LogP) is 0.789. The third-order valence-corrected chi connectivity index (χ3v) is 2.89. The molecule has 0 spiro atoms. The zero-order valence-corrected chi connectivity index (χ0v) is 10.9. The van der Waals surface area contributed by atoms with Crippen LogP contribution in [0.1, 0.15) is 25.7 Å². The molecule has 6 nitrogen and oxygen atoms in total. The number of hydrogen-bond acceptors (Lipinski definition) is 5. The molecular weight excluding hydrogens is 238 g/mol. The molecule has 0 aliphatic heterocycles. The minimum Gasteiger partial charge on any atom is -0.352 e. The molecule has 0 aromatic carbocycles. The molecule has 1 amide bonds. The van der Waals surface area contributed by atoms with Gasteiger partial charge in [0.1, 0.15) is 0 Å². The molecule has 0 atom stereocenters. The zero-order chi connectivity index (χ0) is 12.7. The molecule has 0 bridgehead atoms. The number of aromatic nitrogens is 4. The first-order valence-electron chi connectivity index (χ1n) is 5.37. The first-order valence-corrected chi connectivity index (χ1v) is 6.52. The quantitative estimate of drug-likeness (QED) is 0.729. The first-order chi connectivity index (χ1) is 8.15. The van der Waals surface area contributed by atoms with Crippen molar-refractivity contribution in [2.24, 2.45) is 0 Å². The first kappa shape index (κ1) is 13.7. The number of nitrogens with zero attached hydrogens (tertiary/aromatic N) is 4. The third kappa shape index (κ3) is 4.56. The highest BCUT2D eigenvalue weighted by atomic mass is 32.2. The number of carbonyl (C=O) groups excluding carboxylic acids is 1. The summed E-state index contributed by atoms with van der Waals surface area (Å²) in [5.74, 6) is 1.82. The van der Waals surface area contributed by atoms with Gasteiger partial charge in [-0.2, -0.15) is 0 Å². The lowest BCUT2D eigenvalue weighted by Crippen LogP contribution is -2.25. The molecule has 0 saturated carbocycles. The highest BCUT2D eigenvalue weighted by molar-refractivity contribution is 7.99. The van der Waals surface area contributed by atoms with E-state index >= 15 is 0 Å². The lowest BCUT2D eigenvalue weighted by molar-refractivity contribution is -0.118. The molecule has 0 saturated heterocycles. The van der Waals surface area contributed by atoms with Crippen LogP contribution in [0.3, 0.4) is 0 Å². The maximum Gasteiger partial charge on any atom is 0.230 e. The van der Waals surface area contributed by atoms with Gasteiger partial charge in [-0.25, -0.2) is 4.68 Å². The average molecular weight is 255 g/mol. The summed E-state index contributed by atoms with van der Waals surface area (Å²) in [6, 6.07) is 0.232. The van der Waals surface area contributed by atoms with Crippen molar-refractivity contribution < 1.29 is 4.79 Å². The number of amides is 1. The van der Waals surface area contributed by atoms with Gasteiger partial charge in [-0.3, -0.25) is 4.79 Å². The Labute approximate surface area is 105 Å². The van der Waals surface area contributed by atoms with Gasteiger partial charge < -0.3 is 5.32 Å². The highest BCUT2D eigenvalue weighted by Crippen LogP contribution is 2.11. The summed E-state index contributed by atoms with van der Waals surface area (Å²) in [4.78, 5) is 11.3. The maximum absolute atomic E-state index is 11.3. The molecule has 17 heavy (non-hydrogen) atoms. The average Bonchev–Trinajstić information content (AvgIpc) is 2.74. The van der Waals surface area contributed by atoms with Crippen LogP contribution < -0.4 is 5.32 Å². The molecule has 0 aliphatic rings. The van der Waals surface area contributed by atoms with Gasteiger partial charge in [0.2, 0.25) is 5.91 Å². The molecule has 0 aliphatic carbocycles. The van der Waals surface area contributed by atoms with Gasteiger partial charge in [-0.1, -0.05) is 6.08 Å². The fourth-order valence-corrected chi connectivity index (χ4v) is 1.94. The van der Waals surface area contributed by atoms with E-state index in [9.17, 15) is 4.79 Å². The summed E-state index contributed by atoms with van der Waals surface area (Å²) in [5, 5.41) is 14.2. The van der Waals surface area contributed by atoms with E-state index < -0.39 is 0 Å². The molecule has 1 N–H and O–H groups in total. The third-order valence-electron chi connectivity index (χ3n) is 1.96. The lowest BCUT2D eigenvalue weighted by Gasteiger charge is -2.07. The van der Waals surface area contributed by atoms with Gasteiger partial charge in [0.15, 0.2) is 5.82 Å². The Morgan fingerprint density at radius 1 is 1.65 bits per heavy atom. The zero-order valence-electron chi connectivity index (χ0n) is 10.1. The van der Waals surface area contributed by atoms with Gasteiger partial charge in [0.25, 0.3) is 0 Å². The van der Waals surface area contributed by atoms with Crippen LogP contribution in [0.4, 0.5) is 0 Å². The predicted molar refractivity (Wildman–Crippen MR) is 67.6 cm³/mol. The highest BCUT2D eigenvalue weighted by Gasteiger charge is 2.09. The SMILES string of the molecule is C=CCNC(=O)CSCc1nnnn1C(C)C. The summed E-state index contributed by atoms with van der Waals surface area (Å²) in [5.41, 5.74) is 0. The summed E-state index contributed by atoms with van der Waals surface area (Å²) in [7, 11) is 0. The van der Waals surface area contributed by atoms with Gasteiger partial charge in [-0.05, 0) is 24.3 Å². The summed E-state index contributed by atoms with van der Waals surface area (Å²) in [6.07, 6.45) is 1.65. The Morgan fingerprint density at radius 2 is 2.41 bits per heavy atom. The van der Waals surface area contributed by atoms with E-state index in [1.54, 1.807) is 10.8 Å². The molecule has 7 heteroatoms. The van der Waals surface area contributed by atoms with Crippen LogP contribution in [-0.2, 0) is 10.5 Å². The van der Waals surface area contributed by atoms with Crippen molar-refractivity contribution in [3.63, 3.8) is 0 Å². The van der Waals surface area contributed by atoms with Crippen molar-refractivity contribution in [2.75, 3.05) is 12.3 Å². The van der Waals surface area contributed by atoms with Crippen LogP contribution >= 0.6 is 11.8 Å². The topological polar surface area (TPSA) is 72.7 Å². The second-order valence-corrected chi connectivity index (χ2v) is 4.70. The Morgan fingerprint density at radius 3 is 3.06 bits per heavy atom. The van der Waals surface area contributed by atoms with Crippen LogP contribution in [0, 0.1) is 0 Å². The van der Waals surface area contributed by atoms with Crippen LogP contribution in [0.2, 0.25) is 0 Å². The lowest BCUT2D eigenvalue weighted by atomic mass is 10.4. The normalized spacial score (nSPS) is 10.5. The second kappa shape index (κ2) is 7.05. The monoisotopic (exact) mass is 255 g/mol. The molecule has 0 fully saturated rings. The molecule has 0 unspecified atom stereocenters. The van der Waals surface area contributed by atoms with Gasteiger partial charge in [-0.15, -0.1) is 23.4 Å². The van der Waals surface area contributed by atoms with E-state index in [1.165, 1.54) is 11.8 Å². The minimum atomic E-state index is -0.00142. The summed E-state index contributed by atoms with van der Waals surface area (Å²) < 4.78 is 1.76. The van der Waals surface area contributed by atoms with E-state index in [2.05, 4.69) is 27.4 Å². The standard InChI is InChI=1S/C10H17N5OS/c1-4-5-11-10(16)7-17-6-9-12-13-14-15(9)8(2)3/h4,8H,1,5-7H2,2-3H3,(H,11,16). The molecule has 94 valence electrons. The fraction of sp³-hybridized carbons (Fsp3) is 0.600. The molecule has 0 radical (unpaired) electrons. The molecule has 1 heterocycles. The molecule has 1 aromatic rings.